The number of hydrogen-bond acceptors (Lipinski definition) is 6. The van der Waals surface area contributed by atoms with Crippen LogP contribution in [0.15, 0.2) is 28.7 Å². The molecule has 9 heteroatoms. The Balaban J connectivity index is 2.11. The molecule has 0 spiro atoms. The molecule has 0 bridgehead atoms. The zero-order chi connectivity index (χ0) is 20.7. The monoisotopic (exact) mass is 419 g/mol. The molecule has 2 N–H and O–H groups in total. The van der Waals surface area contributed by atoms with Gasteiger partial charge >= 0.3 is 0 Å². The highest BCUT2D eigenvalue weighted by atomic mass is 32.1. The van der Waals surface area contributed by atoms with Gasteiger partial charge in [0.25, 0.3) is 0 Å². The van der Waals surface area contributed by atoms with E-state index in [1.54, 1.807) is 18.2 Å². The summed E-state index contributed by atoms with van der Waals surface area (Å²) in [7, 11) is 1.63. The predicted molar refractivity (Wildman–Crippen MR) is 119 cm³/mol. The summed E-state index contributed by atoms with van der Waals surface area (Å²) in [6, 6.07) is 6.02. The first-order valence-corrected chi connectivity index (χ1v) is 10.0. The van der Waals surface area contributed by atoms with Crippen molar-refractivity contribution in [3.05, 3.63) is 40.4 Å². The number of rotatable bonds is 7. The van der Waals surface area contributed by atoms with Crippen molar-refractivity contribution >= 4 is 51.6 Å². The molecule has 0 aliphatic rings. The van der Waals surface area contributed by atoms with Gasteiger partial charge in [-0.25, -0.2) is 4.98 Å². The Morgan fingerprint density at radius 3 is 2.71 bits per heavy atom. The molecule has 2 rings (SSSR count). The number of para-hydroxylation sites is 1. The molecule has 0 unspecified atom stereocenters. The summed E-state index contributed by atoms with van der Waals surface area (Å²) >= 11 is 6.56. The largest absolute Gasteiger partial charge is 0.383 e. The zero-order valence-corrected chi connectivity index (χ0v) is 18.3. The van der Waals surface area contributed by atoms with Crippen LogP contribution in [0.5, 0.6) is 0 Å². The molecule has 28 heavy (non-hydrogen) atoms. The molecule has 0 fully saturated rings. The first kappa shape index (κ1) is 21.9. The summed E-state index contributed by atoms with van der Waals surface area (Å²) in [6.45, 7) is 8.00. The average molecular weight is 420 g/mol. The molecule has 1 aromatic heterocycles. The lowest BCUT2D eigenvalue weighted by atomic mass is 10.1. The van der Waals surface area contributed by atoms with Gasteiger partial charge in [-0.15, -0.1) is 11.3 Å². The van der Waals surface area contributed by atoms with Crippen LogP contribution in [-0.4, -0.2) is 42.0 Å². The Labute approximate surface area is 174 Å². The van der Waals surface area contributed by atoms with Crippen LogP contribution in [-0.2, 0) is 9.53 Å². The third-order valence-corrected chi connectivity index (χ3v) is 4.89. The Morgan fingerprint density at radius 2 is 2.11 bits per heavy atom. The number of benzene rings is 1. The Kier molecular flexibility index (Phi) is 8.04. The fraction of sp³-hybridized carbons (Fsp3) is 0.368. The van der Waals surface area contributed by atoms with Gasteiger partial charge in [0.1, 0.15) is 0 Å². The van der Waals surface area contributed by atoms with Gasteiger partial charge in [0.15, 0.2) is 10.2 Å². The lowest BCUT2D eigenvalue weighted by molar-refractivity contribution is -0.115. The van der Waals surface area contributed by atoms with Crippen LogP contribution in [0.1, 0.15) is 30.7 Å². The van der Waals surface area contributed by atoms with E-state index in [0.29, 0.717) is 22.5 Å². The molecule has 2 aromatic rings. The van der Waals surface area contributed by atoms with E-state index in [1.807, 2.05) is 44.4 Å². The molecule has 150 valence electrons. The van der Waals surface area contributed by atoms with Crippen LogP contribution >= 0.6 is 23.6 Å². The fourth-order valence-electron chi connectivity index (χ4n) is 2.69. The number of carbonyl (C=O) groups is 1. The number of methoxy groups -OCH3 is 1. The van der Waals surface area contributed by atoms with Gasteiger partial charge < -0.3 is 10.1 Å². The summed E-state index contributed by atoms with van der Waals surface area (Å²) in [5.74, 6) is -0.0918. The van der Waals surface area contributed by atoms with E-state index >= 15 is 0 Å². The van der Waals surface area contributed by atoms with E-state index in [-0.39, 0.29) is 11.9 Å². The molecule has 0 aliphatic carbocycles. The number of nitrogens with zero attached hydrogens (tertiary/aromatic N) is 3. The van der Waals surface area contributed by atoms with E-state index in [2.05, 4.69) is 20.8 Å². The zero-order valence-electron chi connectivity index (χ0n) is 16.6. The minimum absolute atomic E-state index is 0.0764. The molecule has 0 aliphatic heterocycles. The number of nitrogens with one attached hydrogen (secondary N) is 2. The first-order chi connectivity index (χ1) is 13.3. The third kappa shape index (κ3) is 5.82. The number of aromatic nitrogens is 1. The Hall–Kier alpha value is -2.36. The van der Waals surface area contributed by atoms with Gasteiger partial charge in [0, 0.05) is 25.5 Å². The molecule has 1 heterocycles. The van der Waals surface area contributed by atoms with Crippen LogP contribution in [0, 0.1) is 13.8 Å². The highest BCUT2D eigenvalue weighted by Crippen LogP contribution is 2.33. The summed E-state index contributed by atoms with van der Waals surface area (Å²) in [4.78, 5) is 18.5. The maximum atomic E-state index is 12.3. The second-order valence-corrected chi connectivity index (χ2v) is 7.59. The maximum absolute atomic E-state index is 12.3. The maximum Gasteiger partial charge on any atom is 0.230 e. The molecule has 1 aromatic carbocycles. The van der Waals surface area contributed by atoms with Crippen LogP contribution in [0.25, 0.3) is 0 Å². The van der Waals surface area contributed by atoms with Gasteiger partial charge in [-0.1, -0.05) is 18.2 Å². The van der Waals surface area contributed by atoms with Crippen molar-refractivity contribution in [1.29, 1.82) is 0 Å². The average Bonchev–Trinajstić information content (AvgIpc) is 3.06. The molecular weight excluding hydrogens is 394 g/mol. The number of aryl methyl sites for hydroxylation is 2. The number of ether oxygens (including phenoxy) is 1. The topological polar surface area (TPSA) is 78.9 Å². The van der Waals surface area contributed by atoms with Gasteiger partial charge in [-0.2, -0.15) is 5.10 Å². The van der Waals surface area contributed by atoms with E-state index < -0.39 is 0 Å². The number of thiocarbonyl (C=S) groups is 1. The highest BCUT2D eigenvalue weighted by Gasteiger charge is 2.21. The van der Waals surface area contributed by atoms with Crippen molar-refractivity contribution in [2.45, 2.75) is 33.7 Å². The van der Waals surface area contributed by atoms with Crippen LogP contribution in [0.3, 0.4) is 0 Å². The molecule has 7 nitrogen and oxygen atoms in total. The molecular formula is C19H25N5O2S2. The SMILES string of the molecule is COC[C@H](C)NC(=S)N/N=C\c1csc(N(C(C)=O)c2c(C)cccc2C)n1. The van der Waals surface area contributed by atoms with Crippen LogP contribution in [0.4, 0.5) is 10.8 Å². The number of hydrogen-bond donors (Lipinski definition) is 2. The summed E-state index contributed by atoms with van der Waals surface area (Å²) in [5.41, 5.74) is 6.29. The number of hydrazone groups is 1. The normalized spacial score (nSPS) is 12.0. The molecule has 1 atom stereocenters. The second-order valence-electron chi connectivity index (χ2n) is 6.35. The van der Waals surface area contributed by atoms with E-state index in [1.165, 1.54) is 18.3 Å². The van der Waals surface area contributed by atoms with Crippen molar-refractivity contribution in [3.63, 3.8) is 0 Å². The molecule has 0 saturated carbocycles. The standard InChI is InChI=1S/C19H25N5O2S2/c1-12-7-6-8-13(2)17(12)24(15(4)25)19-22-16(11-28-19)9-20-23-18(27)21-14(3)10-26-5/h6-9,11,14H,10H2,1-5H3,(H2,21,23,27)/b20-9-/t14-/m0/s1. The van der Waals surface area contributed by atoms with Crippen molar-refractivity contribution in [2.24, 2.45) is 5.10 Å². The van der Waals surface area contributed by atoms with Crippen molar-refractivity contribution in [1.82, 2.24) is 15.7 Å². The number of carbonyl (C=O) groups excluding carboxylic acids is 1. The fourth-order valence-corrected chi connectivity index (χ4v) is 3.77. The van der Waals surface area contributed by atoms with E-state index in [0.717, 1.165) is 16.8 Å². The molecule has 0 radical (unpaired) electrons. The smallest absolute Gasteiger partial charge is 0.230 e. The lowest BCUT2D eigenvalue weighted by Gasteiger charge is -2.22. The number of thiazole rings is 1. The van der Waals surface area contributed by atoms with Gasteiger partial charge in [-0.3, -0.25) is 15.1 Å². The first-order valence-electron chi connectivity index (χ1n) is 8.74. The Morgan fingerprint density at radius 1 is 1.43 bits per heavy atom. The Bertz CT molecular complexity index is 846. The van der Waals surface area contributed by atoms with Crippen molar-refractivity contribution in [3.8, 4) is 0 Å². The number of amides is 1. The van der Waals surface area contributed by atoms with Crippen LogP contribution < -0.4 is 15.6 Å². The number of anilines is 2. The molecule has 0 saturated heterocycles. The van der Waals surface area contributed by atoms with Gasteiger partial charge in [0.2, 0.25) is 5.91 Å². The van der Waals surface area contributed by atoms with E-state index in [9.17, 15) is 4.79 Å². The van der Waals surface area contributed by atoms with Gasteiger partial charge in [0.05, 0.1) is 24.2 Å². The minimum Gasteiger partial charge on any atom is -0.383 e. The quantitative estimate of drug-likeness (QED) is 0.407. The van der Waals surface area contributed by atoms with Gasteiger partial charge in [-0.05, 0) is 44.1 Å². The highest BCUT2D eigenvalue weighted by molar-refractivity contribution is 7.80. The third-order valence-electron chi connectivity index (χ3n) is 3.84. The summed E-state index contributed by atoms with van der Waals surface area (Å²) in [6.07, 6.45) is 1.57. The summed E-state index contributed by atoms with van der Waals surface area (Å²) in [5, 5.41) is 9.99. The molecule has 1 amide bonds. The lowest BCUT2D eigenvalue weighted by Crippen LogP contribution is -2.40. The van der Waals surface area contributed by atoms with Crippen molar-refractivity contribution < 1.29 is 9.53 Å². The van der Waals surface area contributed by atoms with Crippen LogP contribution in [0.2, 0.25) is 0 Å². The van der Waals surface area contributed by atoms with E-state index in [4.69, 9.17) is 17.0 Å². The predicted octanol–water partition coefficient (Wildman–Crippen LogP) is 3.28. The summed E-state index contributed by atoms with van der Waals surface area (Å²) < 4.78 is 5.05. The second kappa shape index (κ2) is 10.3. The minimum atomic E-state index is -0.0918. The van der Waals surface area contributed by atoms with Crippen molar-refractivity contribution in [2.75, 3.05) is 18.6 Å².